The first-order chi connectivity index (χ1) is 23.8. The first kappa shape index (κ1) is 34.9. The molecule has 2 aliphatic rings. The van der Waals surface area contributed by atoms with E-state index in [1.807, 2.05) is 0 Å². The Balaban J connectivity index is 1.36. The number of benzene rings is 1. The van der Waals surface area contributed by atoms with E-state index in [-0.39, 0.29) is 79.3 Å². The number of pyridine rings is 1. The van der Waals surface area contributed by atoms with Gasteiger partial charge in [-0.1, -0.05) is 18.5 Å². The van der Waals surface area contributed by atoms with Gasteiger partial charge in [0.25, 0.3) is 11.5 Å². The van der Waals surface area contributed by atoms with Crippen LogP contribution in [0.25, 0.3) is 5.78 Å². The molecule has 0 aliphatic carbocycles. The predicted molar refractivity (Wildman–Crippen MR) is 177 cm³/mol. The van der Waals surface area contributed by atoms with Crippen molar-refractivity contribution in [2.45, 2.75) is 52.0 Å². The fourth-order valence-electron chi connectivity index (χ4n) is 6.37. The first-order valence-corrected chi connectivity index (χ1v) is 16.4. The van der Waals surface area contributed by atoms with E-state index in [1.165, 1.54) is 34.7 Å². The number of fused-ring (bicyclic) bond motifs is 1. The van der Waals surface area contributed by atoms with Crippen molar-refractivity contribution in [3.63, 3.8) is 0 Å². The molecule has 4 aromatic rings. The highest BCUT2D eigenvalue weighted by Gasteiger charge is 2.34. The molecular weight excluding hydrogens is 686 g/mol. The Morgan fingerprint density at radius 2 is 1.86 bits per heavy atom. The molecule has 2 N–H and O–H groups in total. The van der Waals surface area contributed by atoms with Crippen molar-refractivity contribution in [2.24, 2.45) is 0 Å². The topological polar surface area (TPSA) is 141 Å². The van der Waals surface area contributed by atoms with Gasteiger partial charge in [0.1, 0.15) is 24.2 Å². The molecule has 13 nitrogen and oxygen atoms in total. The second-order valence-corrected chi connectivity index (χ2v) is 12.6. The fraction of sp³-hybridized carbons (Fsp3) is 0.438. The van der Waals surface area contributed by atoms with Crippen molar-refractivity contribution in [1.82, 2.24) is 29.0 Å². The highest BCUT2D eigenvalue weighted by atomic mass is 35.5. The average Bonchev–Trinajstić information content (AvgIpc) is 3.53. The lowest BCUT2D eigenvalue weighted by atomic mass is 10.1. The largest absolute Gasteiger partial charge is 0.505 e. The van der Waals surface area contributed by atoms with E-state index in [2.05, 4.69) is 20.4 Å². The van der Waals surface area contributed by atoms with Gasteiger partial charge >= 0.3 is 6.18 Å². The van der Waals surface area contributed by atoms with E-state index in [0.717, 1.165) is 16.6 Å². The maximum Gasteiger partial charge on any atom is 0.417 e. The number of anilines is 3. The minimum atomic E-state index is -4.68. The van der Waals surface area contributed by atoms with Gasteiger partial charge in [0.2, 0.25) is 17.6 Å². The molecule has 0 bridgehead atoms. The molecule has 1 aromatic carbocycles. The summed E-state index contributed by atoms with van der Waals surface area (Å²) < 4.78 is 57.2. The number of carbonyl (C=O) groups excluding carboxylic acids is 2. The fourth-order valence-corrected chi connectivity index (χ4v) is 6.64. The Kier molecular flexibility index (Phi) is 9.61. The maximum absolute atomic E-state index is 14.4. The molecule has 1 atom stereocenters. The zero-order valence-corrected chi connectivity index (χ0v) is 27.9. The van der Waals surface area contributed by atoms with E-state index in [4.69, 9.17) is 11.6 Å². The lowest BCUT2D eigenvalue weighted by molar-refractivity contribution is -0.137. The van der Waals surface area contributed by atoms with Crippen LogP contribution >= 0.6 is 11.6 Å². The van der Waals surface area contributed by atoms with Gasteiger partial charge in [-0.15, -0.1) is 5.10 Å². The van der Waals surface area contributed by atoms with Crippen LogP contribution in [0.2, 0.25) is 5.02 Å². The summed E-state index contributed by atoms with van der Waals surface area (Å²) in [5.74, 6) is -1.19. The molecule has 2 amide bonds. The van der Waals surface area contributed by atoms with E-state index < -0.39 is 46.9 Å². The Morgan fingerprint density at radius 3 is 2.52 bits per heavy atom. The Hall–Kier alpha value is -4.93. The van der Waals surface area contributed by atoms with Gasteiger partial charge in [0.05, 0.1) is 22.8 Å². The molecule has 2 aliphatic heterocycles. The highest BCUT2D eigenvalue weighted by Crippen LogP contribution is 2.37. The summed E-state index contributed by atoms with van der Waals surface area (Å²) in [5.41, 5.74) is -0.758. The number of piperidine rings is 1. The lowest BCUT2D eigenvalue weighted by Gasteiger charge is -2.36. The number of nitrogens with one attached hydrogen (secondary N) is 1. The number of aromatic nitrogens is 5. The van der Waals surface area contributed by atoms with Crippen molar-refractivity contribution in [2.75, 3.05) is 54.4 Å². The number of nitrogens with zero attached hydrogens (tertiary/aromatic N) is 8. The van der Waals surface area contributed by atoms with E-state index in [1.54, 1.807) is 16.7 Å². The number of halogens is 5. The smallest absolute Gasteiger partial charge is 0.417 e. The van der Waals surface area contributed by atoms with Crippen molar-refractivity contribution in [3.8, 4) is 5.75 Å². The summed E-state index contributed by atoms with van der Waals surface area (Å²) in [5, 5.41) is 16.6. The van der Waals surface area contributed by atoms with Gasteiger partial charge in [-0.3, -0.25) is 14.4 Å². The van der Waals surface area contributed by atoms with Crippen molar-refractivity contribution in [3.05, 3.63) is 68.4 Å². The first-order valence-electron chi connectivity index (χ1n) is 16.0. The third kappa shape index (κ3) is 6.78. The Bertz CT molecular complexity index is 2010. The summed E-state index contributed by atoms with van der Waals surface area (Å²) in [6.45, 7) is 4.14. The minimum absolute atomic E-state index is 0.0309. The molecule has 3 aromatic heterocycles. The van der Waals surface area contributed by atoms with E-state index >= 15 is 0 Å². The molecule has 266 valence electrons. The van der Waals surface area contributed by atoms with Crippen LogP contribution in [-0.4, -0.2) is 91.4 Å². The minimum Gasteiger partial charge on any atom is -0.505 e. The zero-order valence-electron chi connectivity index (χ0n) is 27.2. The number of carbonyl (C=O) groups is 2. The average molecular weight is 720 g/mol. The molecule has 0 spiro atoms. The predicted octanol–water partition coefficient (Wildman–Crippen LogP) is 4.07. The van der Waals surface area contributed by atoms with E-state index in [9.17, 15) is 37.1 Å². The van der Waals surface area contributed by atoms with Gasteiger partial charge in [-0.2, -0.15) is 22.7 Å². The number of rotatable bonds is 7. The number of alkyl halides is 4. The van der Waals surface area contributed by atoms with Crippen LogP contribution in [-0.2, 0) is 23.9 Å². The summed E-state index contributed by atoms with van der Waals surface area (Å²) in [6.07, 6.45) is -3.17. The summed E-state index contributed by atoms with van der Waals surface area (Å²) in [6, 6.07) is 4.77. The second-order valence-electron chi connectivity index (χ2n) is 12.2. The number of hydrogen-bond acceptors (Lipinski definition) is 9. The Morgan fingerprint density at radius 1 is 1.12 bits per heavy atom. The quantitative estimate of drug-likeness (QED) is 0.271. The number of aromatic hydroxyl groups is 1. The van der Waals surface area contributed by atoms with E-state index in [0.29, 0.717) is 25.1 Å². The highest BCUT2D eigenvalue weighted by molar-refractivity contribution is 6.31. The molecule has 0 saturated carbocycles. The van der Waals surface area contributed by atoms with Crippen molar-refractivity contribution < 1.29 is 32.3 Å². The van der Waals surface area contributed by atoms with Crippen molar-refractivity contribution >= 4 is 46.5 Å². The normalized spacial score (nSPS) is 17.0. The molecular formula is C32H34ClF4N9O4. The van der Waals surface area contributed by atoms with Crippen LogP contribution in [0.3, 0.4) is 0 Å². The molecule has 2 saturated heterocycles. The molecule has 2 fully saturated rings. The van der Waals surface area contributed by atoms with Crippen molar-refractivity contribution in [1.29, 1.82) is 0 Å². The number of aryl methyl sites for hydroxylation is 1. The van der Waals surface area contributed by atoms with Crippen LogP contribution in [0, 0.1) is 6.92 Å². The van der Waals surface area contributed by atoms with Crippen LogP contribution in [0.5, 0.6) is 5.75 Å². The number of hydrogen-bond donors (Lipinski definition) is 2. The monoisotopic (exact) mass is 719 g/mol. The standard InChI is InChI=1S/C32H34ClF4N9O4/c1-3-23-27(42-10-12-43(13-11-42)28(49)26-24(47)7-4-8-38-26)29(50)46-31(40-30(41-46)44-9-5-6-19(34)16-44)45(23)17-25(48)39-22-15-21(33)20(14-18(22)2)32(35,36)37/h4,7-8,14-15,19,47H,3,5-6,9-13,16-17H2,1-2H3,(H,39,48). The van der Waals surface area contributed by atoms with Gasteiger partial charge < -0.3 is 29.7 Å². The molecule has 18 heteroatoms. The summed E-state index contributed by atoms with van der Waals surface area (Å²) in [4.78, 5) is 54.3. The van der Waals surface area contributed by atoms with Gasteiger partial charge in [0.15, 0.2) is 5.69 Å². The van der Waals surface area contributed by atoms with Crippen LogP contribution < -0.4 is 20.7 Å². The zero-order chi connectivity index (χ0) is 35.9. The summed E-state index contributed by atoms with van der Waals surface area (Å²) >= 11 is 5.93. The lowest BCUT2D eigenvalue weighted by Crippen LogP contribution is -2.51. The number of amides is 2. The third-order valence-electron chi connectivity index (χ3n) is 8.86. The molecule has 5 heterocycles. The van der Waals surface area contributed by atoms with Gasteiger partial charge in [0, 0.05) is 44.6 Å². The molecule has 0 radical (unpaired) electrons. The third-order valence-corrected chi connectivity index (χ3v) is 9.18. The van der Waals surface area contributed by atoms with Crippen LogP contribution in [0.4, 0.5) is 34.9 Å². The van der Waals surface area contributed by atoms with Crippen LogP contribution in [0.1, 0.15) is 47.1 Å². The molecule has 1 unspecified atom stereocenters. The number of piperazine rings is 1. The summed E-state index contributed by atoms with van der Waals surface area (Å²) in [7, 11) is 0. The van der Waals surface area contributed by atoms with Gasteiger partial charge in [-0.25, -0.2) is 9.37 Å². The maximum atomic E-state index is 14.4. The SMILES string of the molecule is CCc1c(N2CCN(C(=O)c3ncccc3O)CC2)c(=O)n2nc(N3CCCC(F)C3)nc2n1CC(=O)Nc1cc(Cl)c(C(F)(F)F)cc1C. The van der Waals surface area contributed by atoms with Crippen LogP contribution in [0.15, 0.2) is 35.3 Å². The van der Waals surface area contributed by atoms with Gasteiger partial charge in [-0.05, 0) is 56.0 Å². The molecule has 50 heavy (non-hydrogen) atoms. The second kappa shape index (κ2) is 13.8. The molecule has 6 rings (SSSR count). The Labute approximate surface area is 288 Å².